The van der Waals surface area contributed by atoms with Crippen molar-refractivity contribution in [3.8, 4) is 11.5 Å². The van der Waals surface area contributed by atoms with Gasteiger partial charge in [-0.3, -0.25) is 0 Å². The molecular formula is C37H69NO2. The van der Waals surface area contributed by atoms with Gasteiger partial charge >= 0.3 is 0 Å². The predicted octanol–water partition coefficient (Wildman–Crippen LogP) is 11.6. The van der Waals surface area contributed by atoms with Crippen LogP contribution in [0.2, 0.25) is 0 Å². The largest absolute Gasteiger partial charge is 0.493 e. The minimum Gasteiger partial charge on any atom is -0.493 e. The Morgan fingerprint density at radius 1 is 0.450 bits per heavy atom. The number of likely N-dealkylation sites (N-methyl/N-ethyl adjacent to an activating group) is 1. The molecule has 0 bridgehead atoms. The highest BCUT2D eigenvalue weighted by molar-refractivity contribution is 5.38. The number of hydrogen-bond donors (Lipinski definition) is 0. The van der Waals surface area contributed by atoms with Crippen LogP contribution >= 0.6 is 0 Å². The fourth-order valence-corrected chi connectivity index (χ4v) is 5.55. The van der Waals surface area contributed by atoms with E-state index in [0.717, 1.165) is 57.2 Å². The number of unbranched alkanes of at least 4 members (excludes halogenated alkanes) is 19. The molecule has 0 fully saturated rings. The lowest BCUT2D eigenvalue weighted by Crippen LogP contribution is -2.27. The Kier molecular flexibility index (Phi) is 25.7. The lowest BCUT2D eigenvalue weighted by molar-refractivity contribution is 0.221. The third-order valence-corrected chi connectivity index (χ3v) is 8.35. The van der Waals surface area contributed by atoms with Crippen molar-refractivity contribution in [3.05, 3.63) is 23.8 Å². The van der Waals surface area contributed by atoms with Crippen molar-refractivity contribution in [1.29, 1.82) is 0 Å². The smallest absolute Gasteiger partial charge is 0.123 e. The highest BCUT2D eigenvalue weighted by atomic mass is 16.5. The molecular weight excluding hydrogens is 490 g/mol. The van der Waals surface area contributed by atoms with Gasteiger partial charge in [0.05, 0.1) is 6.61 Å². The summed E-state index contributed by atoms with van der Waals surface area (Å²) in [6.07, 6.45) is 30.0. The van der Waals surface area contributed by atoms with Gasteiger partial charge in [-0.2, -0.15) is 0 Å². The Hall–Kier alpha value is -1.22. The normalized spacial score (nSPS) is 11.4. The Balaban J connectivity index is 2.34. The fraction of sp³-hybridized carbons (Fsp3) is 0.838. The van der Waals surface area contributed by atoms with Crippen LogP contribution in [0, 0.1) is 0 Å². The van der Waals surface area contributed by atoms with E-state index in [1.165, 1.54) is 134 Å². The minimum atomic E-state index is 0.737. The summed E-state index contributed by atoms with van der Waals surface area (Å²) in [5.41, 5.74) is 1.37. The summed E-state index contributed by atoms with van der Waals surface area (Å²) in [6, 6.07) is 6.63. The molecule has 40 heavy (non-hydrogen) atoms. The van der Waals surface area contributed by atoms with Crippen molar-refractivity contribution in [1.82, 2.24) is 4.90 Å². The zero-order valence-corrected chi connectivity index (χ0v) is 27.6. The van der Waals surface area contributed by atoms with Crippen molar-refractivity contribution in [3.63, 3.8) is 0 Å². The number of nitrogens with zero attached hydrogens (tertiary/aromatic N) is 1. The van der Waals surface area contributed by atoms with Gasteiger partial charge in [0.15, 0.2) is 0 Å². The van der Waals surface area contributed by atoms with Crippen LogP contribution in [0.5, 0.6) is 11.5 Å². The zero-order valence-electron chi connectivity index (χ0n) is 27.6. The molecule has 0 saturated carbocycles. The first-order valence-corrected chi connectivity index (χ1v) is 17.8. The van der Waals surface area contributed by atoms with E-state index in [9.17, 15) is 0 Å². The minimum absolute atomic E-state index is 0.737. The monoisotopic (exact) mass is 560 g/mol. The van der Waals surface area contributed by atoms with Gasteiger partial charge in [0.1, 0.15) is 18.1 Å². The molecule has 0 radical (unpaired) electrons. The molecule has 0 saturated heterocycles. The lowest BCUT2D eigenvalue weighted by Gasteiger charge is -2.18. The first kappa shape index (κ1) is 36.8. The van der Waals surface area contributed by atoms with E-state index in [1.54, 1.807) is 0 Å². The molecule has 3 heteroatoms. The van der Waals surface area contributed by atoms with E-state index < -0.39 is 0 Å². The van der Waals surface area contributed by atoms with Crippen LogP contribution in [-0.4, -0.2) is 37.7 Å². The van der Waals surface area contributed by atoms with Gasteiger partial charge in [-0.05, 0) is 50.0 Å². The second kappa shape index (κ2) is 27.9. The average Bonchev–Trinajstić information content (AvgIpc) is 2.97. The van der Waals surface area contributed by atoms with E-state index in [4.69, 9.17) is 9.47 Å². The van der Waals surface area contributed by atoms with Crippen molar-refractivity contribution in [2.24, 2.45) is 0 Å². The SMILES string of the molecule is CCCCCCCCCCCCCCCc1cc(OCCCCCCCCCC)cc(OCCN(CC)CC)c1. The lowest BCUT2D eigenvalue weighted by atomic mass is 10.0. The molecule has 234 valence electrons. The Morgan fingerprint density at radius 2 is 0.850 bits per heavy atom. The van der Waals surface area contributed by atoms with E-state index in [2.05, 4.69) is 50.8 Å². The van der Waals surface area contributed by atoms with E-state index >= 15 is 0 Å². The van der Waals surface area contributed by atoms with Gasteiger partial charge in [-0.25, -0.2) is 0 Å². The average molecular weight is 560 g/mol. The maximum absolute atomic E-state index is 6.23. The standard InChI is InChI=1S/C37H69NO2/c1-5-9-11-13-15-17-18-19-20-21-22-24-26-28-35-32-36(39-30-27-25-23-16-14-12-10-6-2)34-37(33-35)40-31-29-38(7-3)8-4/h32-34H,5-31H2,1-4H3. The number of hydrogen-bond acceptors (Lipinski definition) is 3. The molecule has 1 rings (SSSR count). The summed E-state index contributed by atoms with van der Waals surface area (Å²) in [7, 11) is 0. The molecule has 0 spiro atoms. The van der Waals surface area contributed by atoms with E-state index in [0.29, 0.717) is 0 Å². The van der Waals surface area contributed by atoms with Crippen molar-refractivity contribution >= 4 is 0 Å². The third kappa shape index (κ3) is 21.5. The van der Waals surface area contributed by atoms with Gasteiger partial charge in [0.2, 0.25) is 0 Å². The summed E-state index contributed by atoms with van der Waals surface area (Å²) < 4.78 is 12.4. The molecule has 0 atom stereocenters. The van der Waals surface area contributed by atoms with Gasteiger partial charge in [-0.1, -0.05) is 150 Å². The molecule has 0 unspecified atom stereocenters. The molecule has 0 heterocycles. The second-order valence-electron chi connectivity index (χ2n) is 12.0. The quantitative estimate of drug-likeness (QED) is 0.0875. The molecule has 1 aromatic rings. The number of aryl methyl sites for hydroxylation is 1. The molecule has 0 aliphatic rings. The summed E-state index contributed by atoms with van der Waals surface area (Å²) in [4.78, 5) is 2.41. The molecule has 0 aliphatic carbocycles. The number of ether oxygens (including phenoxy) is 2. The van der Waals surface area contributed by atoms with Gasteiger partial charge in [0.25, 0.3) is 0 Å². The molecule has 0 amide bonds. The zero-order chi connectivity index (χ0) is 28.9. The Labute approximate surface area is 251 Å². The molecule has 0 aromatic heterocycles. The highest BCUT2D eigenvalue weighted by Gasteiger charge is 2.06. The number of rotatable bonds is 30. The Bertz CT molecular complexity index is 658. The summed E-state index contributed by atoms with van der Waals surface area (Å²) in [5, 5.41) is 0. The Morgan fingerprint density at radius 3 is 1.30 bits per heavy atom. The third-order valence-electron chi connectivity index (χ3n) is 8.35. The van der Waals surface area contributed by atoms with Crippen LogP contribution in [0.1, 0.15) is 168 Å². The number of benzene rings is 1. The maximum atomic E-state index is 6.23. The predicted molar refractivity (Wildman–Crippen MR) is 177 cm³/mol. The maximum Gasteiger partial charge on any atom is 0.123 e. The van der Waals surface area contributed by atoms with Crippen LogP contribution in [0.25, 0.3) is 0 Å². The van der Waals surface area contributed by atoms with Crippen molar-refractivity contribution in [2.45, 2.75) is 169 Å². The topological polar surface area (TPSA) is 21.7 Å². The summed E-state index contributed by atoms with van der Waals surface area (Å²) in [5.74, 6) is 1.97. The highest BCUT2D eigenvalue weighted by Crippen LogP contribution is 2.25. The van der Waals surface area contributed by atoms with Crippen molar-refractivity contribution in [2.75, 3.05) is 32.8 Å². The molecule has 0 aliphatic heterocycles. The van der Waals surface area contributed by atoms with Crippen LogP contribution < -0.4 is 9.47 Å². The van der Waals surface area contributed by atoms with Crippen LogP contribution in [0.15, 0.2) is 18.2 Å². The molecule has 3 nitrogen and oxygen atoms in total. The van der Waals surface area contributed by atoms with Gasteiger partial charge < -0.3 is 14.4 Å². The van der Waals surface area contributed by atoms with E-state index in [1.807, 2.05) is 0 Å². The summed E-state index contributed by atoms with van der Waals surface area (Å²) in [6.45, 7) is 13.7. The second-order valence-corrected chi connectivity index (χ2v) is 12.0. The fourth-order valence-electron chi connectivity index (χ4n) is 5.55. The van der Waals surface area contributed by atoms with Gasteiger partial charge in [0, 0.05) is 12.6 Å². The first-order valence-electron chi connectivity index (χ1n) is 17.8. The van der Waals surface area contributed by atoms with Gasteiger partial charge in [-0.15, -0.1) is 0 Å². The first-order chi connectivity index (χ1) is 19.7. The van der Waals surface area contributed by atoms with Crippen LogP contribution in [0.3, 0.4) is 0 Å². The van der Waals surface area contributed by atoms with Crippen molar-refractivity contribution < 1.29 is 9.47 Å². The van der Waals surface area contributed by atoms with Crippen LogP contribution in [-0.2, 0) is 6.42 Å². The van der Waals surface area contributed by atoms with Crippen LogP contribution in [0.4, 0.5) is 0 Å². The molecule has 1 aromatic carbocycles. The molecule has 0 N–H and O–H groups in total. The summed E-state index contributed by atoms with van der Waals surface area (Å²) >= 11 is 0. The van der Waals surface area contributed by atoms with E-state index in [-0.39, 0.29) is 0 Å².